The molecule has 2 N–H and O–H groups in total. The number of imide groups is 1. The second kappa shape index (κ2) is 9.84. The lowest BCUT2D eigenvalue weighted by Crippen LogP contribution is -2.46. The SMILES string of the molecule is Cl.O=C(NCCN1CCNCC1)c1ccc2c(c1)C(=O)N(Cc1ccccc1)C2=O. The van der Waals surface area contributed by atoms with E-state index in [1.165, 1.54) is 11.0 Å². The van der Waals surface area contributed by atoms with E-state index in [4.69, 9.17) is 0 Å². The minimum absolute atomic E-state index is 0. The summed E-state index contributed by atoms with van der Waals surface area (Å²) in [4.78, 5) is 41.4. The highest BCUT2D eigenvalue weighted by Gasteiger charge is 2.35. The second-order valence-electron chi connectivity index (χ2n) is 7.29. The Bertz CT molecular complexity index is 929. The maximum Gasteiger partial charge on any atom is 0.261 e. The molecule has 2 aromatic carbocycles. The van der Waals surface area contributed by atoms with Gasteiger partial charge in [-0.15, -0.1) is 12.4 Å². The summed E-state index contributed by atoms with van der Waals surface area (Å²) in [5, 5.41) is 6.20. The Morgan fingerprint density at radius 3 is 2.40 bits per heavy atom. The molecule has 7 nitrogen and oxygen atoms in total. The zero-order chi connectivity index (χ0) is 20.2. The van der Waals surface area contributed by atoms with Crippen LogP contribution >= 0.6 is 12.4 Å². The van der Waals surface area contributed by atoms with E-state index in [0.717, 1.165) is 38.3 Å². The monoisotopic (exact) mass is 428 g/mol. The number of piperazine rings is 1. The zero-order valence-corrected chi connectivity index (χ0v) is 17.4. The van der Waals surface area contributed by atoms with Crippen molar-refractivity contribution in [1.29, 1.82) is 0 Å². The van der Waals surface area contributed by atoms with Crippen LogP contribution in [0.25, 0.3) is 0 Å². The van der Waals surface area contributed by atoms with E-state index in [0.29, 0.717) is 23.2 Å². The minimum atomic E-state index is -0.357. The lowest BCUT2D eigenvalue weighted by Gasteiger charge is -2.27. The summed E-state index contributed by atoms with van der Waals surface area (Å²) in [6, 6.07) is 14.1. The molecule has 8 heteroatoms. The van der Waals surface area contributed by atoms with Gasteiger partial charge in [-0.05, 0) is 23.8 Å². The molecule has 0 spiro atoms. The van der Waals surface area contributed by atoms with Crippen molar-refractivity contribution in [3.8, 4) is 0 Å². The van der Waals surface area contributed by atoms with Crippen LogP contribution < -0.4 is 10.6 Å². The van der Waals surface area contributed by atoms with Crippen LogP contribution in [0.4, 0.5) is 0 Å². The predicted molar refractivity (Wildman–Crippen MR) is 116 cm³/mol. The molecule has 0 atom stereocenters. The van der Waals surface area contributed by atoms with Crippen molar-refractivity contribution in [3.63, 3.8) is 0 Å². The molecule has 4 rings (SSSR count). The minimum Gasteiger partial charge on any atom is -0.351 e. The molecular formula is C22H25ClN4O3. The van der Waals surface area contributed by atoms with Gasteiger partial charge in [-0.25, -0.2) is 0 Å². The van der Waals surface area contributed by atoms with E-state index in [2.05, 4.69) is 15.5 Å². The van der Waals surface area contributed by atoms with Gasteiger partial charge in [0.15, 0.2) is 0 Å². The van der Waals surface area contributed by atoms with E-state index in [1.807, 2.05) is 30.3 Å². The Morgan fingerprint density at radius 1 is 0.967 bits per heavy atom. The van der Waals surface area contributed by atoms with Gasteiger partial charge in [-0.1, -0.05) is 30.3 Å². The normalized spacial score (nSPS) is 16.2. The Labute approximate surface area is 181 Å². The smallest absolute Gasteiger partial charge is 0.261 e. The standard InChI is InChI=1S/C22H24N4O3.ClH/c27-20(24-10-13-25-11-8-23-9-12-25)17-6-7-18-19(14-17)22(29)26(21(18)28)15-16-4-2-1-3-5-16;/h1-7,14,23H,8-13,15H2,(H,24,27);1H. The van der Waals surface area contributed by atoms with Gasteiger partial charge in [0.05, 0.1) is 17.7 Å². The molecule has 1 fully saturated rings. The summed E-state index contributed by atoms with van der Waals surface area (Å²) in [6.45, 7) is 5.44. The number of fused-ring (bicyclic) bond motifs is 1. The number of carbonyl (C=O) groups excluding carboxylic acids is 3. The van der Waals surface area contributed by atoms with Crippen LogP contribution in [0, 0.1) is 0 Å². The molecule has 0 aromatic heterocycles. The second-order valence-corrected chi connectivity index (χ2v) is 7.29. The van der Waals surface area contributed by atoms with Crippen molar-refractivity contribution in [1.82, 2.24) is 20.4 Å². The average Bonchev–Trinajstić information content (AvgIpc) is 2.99. The van der Waals surface area contributed by atoms with Crippen LogP contribution in [-0.2, 0) is 6.54 Å². The van der Waals surface area contributed by atoms with Crippen molar-refractivity contribution in [3.05, 3.63) is 70.8 Å². The van der Waals surface area contributed by atoms with Gasteiger partial charge in [0.25, 0.3) is 17.7 Å². The number of hydrogen-bond donors (Lipinski definition) is 2. The summed E-state index contributed by atoms with van der Waals surface area (Å²) in [7, 11) is 0. The van der Waals surface area contributed by atoms with Crippen LogP contribution in [0.15, 0.2) is 48.5 Å². The molecule has 158 valence electrons. The Kier molecular flexibility index (Phi) is 7.20. The highest BCUT2D eigenvalue weighted by Crippen LogP contribution is 2.25. The Hall–Kier alpha value is -2.74. The summed E-state index contributed by atoms with van der Waals surface area (Å²) in [5.41, 5.74) is 1.92. The number of carbonyl (C=O) groups is 3. The largest absolute Gasteiger partial charge is 0.351 e. The molecule has 3 amide bonds. The van der Waals surface area contributed by atoms with Crippen molar-refractivity contribution in [2.75, 3.05) is 39.3 Å². The number of nitrogens with one attached hydrogen (secondary N) is 2. The molecule has 2 aromatic rings. The predicted octanol–water partition coefficient (Wildman–Crippen LogP) is 1.54. The highest BCUT2D eigenvalue weighted by atomic mass is 35.5. The maximum absolute atomic E-state index is 12.8. The number of halogens is 1. The molecule has 2 aliphatic heterocycles. The molecule has 30 heavy (non-hydrogen) atoms. The first-order valence-corrected chi connectivity index (χ1v) is 9.89. The fraction of sp³-hybridized carbons (Fsp3) is 0.318. The molecule has 0 radical (unpaired) electrons. The molecule has 0 bridgehead atoms. The van der Waals surface area contributed by atoms with Gasteiger partial charge in [-0.2, -0.15) is 0 Å². The first kappa shape index (κ1) is 22.0. The fourth-order valence-corrected chi connectivity index (χ4v) is 3.71. The van der Waals surface area contributed by atoms with Crippen LogP contribution in [-0.4, -0.2) is 66.8 Å². The van der Waals surface area contributed by atoms with Crippen molar-refractivity contribution in [2.24, 2.45) is 0 Å². The van der Waals surface area contributed by atoms with E-state index < -0.39 is 0 Å². The van der Waals surface area contributed by atoms with Gasteiger partial charge in [0.2, 0.25) is 0 Å². The fourth-order valence-electron chi connectivity index (χ4n) is 3.71. The third-order valence-corrected chi connectivity index (χ3v) is 5.34. The van der Waals surface area contributed by atoms with Gasteiger partial charge in [0, 0.05) is 44.8 Å². The molecule has 0 aliphatic carbocycles. The van der Waals surface area contributed by atoms with Gasteiger partial charge in [0.1, 0.15) is 0 Å². The molecule has 1 saturated heterocycles. The maximum atomic E-state index is 12.8. The summed E-state index contributed by atoms with van der Waals surface area (Å²) in [6.07, 6.45) is 0. The van der Waals surface area contributed by atoms with Gasteiger partial charge < -0.3 is 10.6 Å². The first-order chi connectivity index (χ1) is 14.1. The van der Waals surface area contributed by atoms with Crippen molar-refractivity contribution >= 4 is 30.1 Å². The van der Waals surface area contributed by atoms with E-state index in [-0.39, 0.29) is 36.7 Å². The number of hydrogen-bond acceptors (Lipinski definition) is 5. The van der Waals surface area contributed by atoms with Crippen molar-refractivity contribution < 1.29 is 14.4 Å². The van der Waals surface area contributed by atoms with E-state index in [1.54, 1.807) is 12.1 Å². The van der Waals surface area contributed by atoms with Crippen LogP contribution in [0.5, 0.6) is 0 Å². The Balaban J connectivity index is 0.00000256. The van der Waals surface area contributed by atoms with Gasteiger partial charge in [-0.3, -0.25) is 24.2 Å². The lowest BCUT2D eigenvalue weighted by molar-refractivity contribution is 0.0642. The zero-order valence-electron chi connectivity index (χ0n) is 16.6. The quantitative estimate of drug-likeness (QED) is 0.682. The van der Waals surface area contributed by atoms with Crippen LogP contribution in [0.3, 0.4) is 0 Å². The number of amides is 3. The molecular weight excluding hydrogens is 404 g/mol. The molecule has 0 saturated carbocycles. The lowest BCUT2D eigenvalue weighted by atomic mass is 10.1. The third kappa shape index (κ3) is 4.70. The topological polar surface area (TPSA) is 81.8 Å². The summed E-state index contributed by atoms with van der Waals surface area (Å²) >= 11 is 0. The van der Waals surface area contributed by atoms with Crippen LogP contribution in [0.2, 0.25) is 0 Å². The number of benzene rings is 2. The van der Waals surface area contributed by atoms with Gasteiger partial charge >= 0.3 is 0 Å². The number of nitrogens with zero attached hydrogens (tertiary/aromatic N) is 2. The van der Waals surface area contributed by atoms with E-state index >= 15 is 0 Å². The highest BCUT2D eigenvalue weighted by molar-refractivity contribution is 6.22. The molecule has 2 aliphatic rings. The third-order valence-electron chi connectivity index (χ3n) is 5.34. The van der Waals surface area contributed by atoms with Crippen molar-refractivity contribution in [2.45, 2.75) is 6.54 Å². The summed E-state index contributed by atoms with van der Waals surface area (Å²) in [5.74, 6) is -0.909. The van der Waals surface area contributed by atoms with Crippen LogP contribution in [0.1, 0.15) is 36.6 Å². The molecule has 0 unspecified atom stereocenters. The average molecular weight is 429 g/mol. The van der Waals surface area contributed by atoms with E-state index in [9.17, 15) is 14.4 Å². The Morgan fingerprint density at radius 2 is 1.67 bits per heavy atom. The molecule has 2 heterocycles. The summed E-state index contributed by atoms with van der Waals surface area (Å²) < 4.78 is 0. The number of rotatable bonds is 6. The first-order valence-electron chi connectivity index (χ1n) is 9.89.